The molecule has 1 aromatic rings. The number of rotatable bonds is 6. The van der Waals surface area contributed by atoms with Crippen LogP contribution in [0.15, 0.2) is 6.20 Å². The first-order valence-electron chi connectivity index (χ1n) is 5.86. The second-order valence-electron chi connectivity index (χ2n) is 4.74. The van der Waals surface area contributed by atoms with Crippen molar-refractivity contribution in [1.29, 1.82) is 0 Å². The molecule has 0 radical (unpaired) electrons. The first-order valence-corrected chi connectivity index (χ1v) is 5.86. The number of aliphatic hydroxyl groups excluding tert-OH is 1. The van der Waals surface area contributed by atoms with Gasteiger partial charge < -0.3 is 10.4 Å². The van der Waals surface area contributed by atoms with Gasteiger partial charge in [-0.15, -0.1) is 0 Å². The van der Waals surface area contributed by atoms with Gasteiger partial charge in [0, 0.05) is 30.9 Å². The summed E-state index contributed by atoms with van der Waals surface area (Å²) in [5.41, 5.74) is 2.06. The molecule has 1 rings (SSSR count). The number of hydrogen-bond donors (Lipinski definition) is 2. The third-order valence-electron chi connectivity index (χ3n) is 2.97. The number of nitrogens with one attached hydrogen (secondary N) is 1. The standard InChI is InChI=1S/C12H23N3O/c1-5-6-12(3,9-16)13-7-11-8-15(4)14-10(11)2/h8,13,16H,5-7,9H2,1-4H3. The van der Waals surface area contributed by atoms with Gasteiger partial charge in [-0.3, -0.25) is 4.68 Å². The van der Waals surface area contributed by atoms with Crippen LogP contribution in [-0.2, 0) is 13.6 Å². The fraction of sp³-hybridized carbons (Fsp3) is 0.750. The van der Waals surface area contributed by atoms with E-state index in [0.29, 0.717) is 0 Å². The summed E-state index contributed by atoms with van der Waals surface area (Å²) in [6.07, 6.45) is 4.06. The molecule has 0 aliphatic heterocycles. The van der Waals surface area contributed by atoms with E-state index in [1.165, 1.54) is 5.56 Å². The Bertz CT molecular complexity index is 335. The molecule has 92 valence electrons. The molecule has 1 atom stereocenters. The summed E-state index contributed by atoms with van der Waals surface area (Å²) in [6.45, 7) is 7.12. The molecule has 0 aliphatic carbocycles. The van der Waals surface area contributed by atoms with Gasteiger partial charge in [0.2, 0.25) is 0 Å². The van der Waals surface area contributed by atoms with Crippen molar-refractivity contribution in [2.75, 3.05) is 6.61 Å². The van der Waals surface area contributed by atoms with E-state index >= 15 is 0 Å². The number of nitrogens with zero attached hydrogens (tertiary/aromatic N) is 2. The highest BCUT2D eigenvalue weighted by Crippen LogP contribution is 2.13. The Labute approximate surface area is 97.7 Å². The fourth-order valence-electron chi connectivity index (χ4n) is 1.91. The van der Waals surface area contributed by atoms with E-state index in [2.05, 4.69) is 24.3 Å². The van der Waals surface area contributed by atoms with Gasteiger partial charge in [0.05, 0.1) is 12.3 Å². The average Bonchev–Trinajstić information content (AvgIpc) is 2.55. The summed E-state index contributed by atoms with van der Waals surface area (Å²) in [7, 11) is 1.92. The van der Waals surface area contributed by atoms with Crippen LogP contribution in [0.3, 0.4) is 0 Å². The molecule has 2 N–H and O–H groups in total. The minimum absolute atomic E-state index is 0.167. The lowest BCUT2D eigenvalue weighted by atomic mass is 9.97. The number of aryl methyl sites for hydroxylation is 2. The molecule has 0 amide bonds. The van der Waals surface area contributed by atoms with Crippen LogP contribution in [0, 0.1) is 6.92 Å². The van der Waals surface area contributed by atoms with Crippen LogP contribution in [0.2, 0.25) is 0 Å². The average molecular weight is 225 g/mol. The maximum Gasteiger partial charge on any atom is 0.0638 e. The van der Waals surface area contributed by atoms with E-state index < -0.39 is 0 Å². The predicted octanol–water partition coefficient (Wildman–Crippen LogP) is 1.37. The molecule has 4 nitrogen and oxygen atoms in total. The molecule has 0 spiro atoms. The van der Waals surface area contributed by atoms with E-state index in [1.54, 1.807) is 0 Å². The van der Waals surface area contributed by atoms with Crippen molar-refractivity contribution in [2.24, 2.45) is 7.05 Å². The van der Waals surface area contributed by atoms with Crippen molar-refractivity contribution in [3.05, 3.63) is 17.5 Å². The SMILES string of the molecule is CCCC(C)(CO)NCc1cn(C)nc1C. The summed E-state index contributed by atoms with van der Waals surface area (Å²) < 4.78 is 1.82. The van der Waals surface area contributed by atoms with Crippen LogP contribution in [0.5, 0.6) is 0 Å². The van der Waals surface area contributed by atoms with E-state index in [9.17, 15) is 5.11 Å². The van der Waals surface area contributed by atoms with E-state index in [4.69, 9.17) is 0 Å². The monoisotopic (exact) mass is 225 g/mol. The van der Waals surface area contributed by atoms with Crippen molar-refractivity contribution >= 4 is 0 Å². The Morgan fingerprint density at radius 1 is 1.56 bits per heavy atom. The molecule has 0 saturated carbocycles. The molecule has 16 heavy (non-hydrogen) atoms. The lowest BCUT2D eigenvalue weighted by Crippen LogP contribution is -2.45. The highest BCUT2D eigenvalue weighted by atomic mass is 16.3. The molecule has 1 unspecified atom stereocenters. The molecule has 4 heteroatoms. The summed E-state index contributed by atoms with van der Waals surface area (Å²) >= 11 is 0. The van der Waals surface area contributed by atoms with Gasteiger partial charge >= 0.3 is 0 Å². The van der Waals surface area contributed by atoms with Crippen LogP contribution in [0.1, 0.15) is 37.9 Å². The number of aliphatic hydroxyl groups is 1. The van der Waals surface area contributed by atoms with E-state index in [0.717, 1.165) is 25.1 Å². The number of hydrogen-bond acceptors (Lipinski definition) is 3. The van der Waals surface area contributed by atoms with Crippen LogP contribution >= 0.6 is 0 Å². The smallest absolute Gasteiger partial charge is 0.0638 e. The normalized spacial score (nSPS) is 15.1. The van der Waals surface area contributed by atoms with Crippen molar-refractivity contribution in [3.63, 3.8) is 0 Å². The van der Waals surface area contributed by atoms with Gasteiger partial charge in [-0.2, -0.15) is 5.10 Å². The quantitative estimate of drug-likeness (QED) is 0.769. The third-order valence-corrected chi connectivity index (χ3v) is 2.97. The molecule has 0 aromatic carbocycles. The van der Waals surface area contributed by atoms with Crippen LogP contribution in [0.4, 0.5) is 0 Å². The van der Waals surface area contributed by atoms with Crippen molar-refractivity contribution in [1.82, 2.24) is 15.1 Å². The highest BCUT2D eigenvalue weighted by Gasteiger charge is 2.21. The van der Waals surface area contributed by atoms with Gasteiger partial charge in [-0.25, -0.2) is 0 Å². The topological polar surface area (TPSA) is 50.1 Å². The lowest BCUT2D eigenvalue weighted by Gasteiger charge is -2.28. The molecule has 1 heterocycles. The maximum absolute atomic E-state index is 9.39. The van der Waals surface area contributed by atoms with Crippen molar-refractivity contribution < 1.29 is 5.11 Å². The molecular weight excluding hydrogens is 202 g/mol. The Hall–Kier alpha value is -0.870. The third kappa shape index (κ3) is 3.32. The van der Waals surface area contributed by atoms with Gasteiger partial charge in [0.25, 0.3) is 0 Å². The summed E-state index contributed by atoms with van der Waals surface area (Å²) in [4.78, 5) is 0. The molecule has 0 fully saturated rings. The lowest BCUT2D eigenvalue weighted by molar-refractivity contribution is 0.163. The van der Waals surface area contributed by atoms with E-state index in [1.807, 2.05) is 24.9 Å². The number of aromatic nitrogens is 2. The van der Waals surface area contributed by atoms with Crippen LogP contribution in [0.25, 0.3) is 0 Å². The van der Waals surface area contributed by atoms with Crippen molar-refractivity contribution in [3.8, 4) is 0 Å². The minimum Gasteiger partial charge on any atom is -0.394 e. The Kier molecular flexibility index (Phi) is 4.50. The van der Waals surface area contributed by atoms with Crippen molar-refractivity contribution in [2.45, 2.75) is 45.7 Å². The maximum atomic E-state index is 9.39. The zero-order valence-electron chi connectivity index (χ0n) is 10.7. The molecule has 0 bridgehead atoms. The zero-order chi connectivity index (χ0) is 12.2. The van der Waals surface area contributed by atoms with Gasteiger partial charge in [-0.05, 0) is 20.3 Å². The molecular formula is C12H23N3O. The zero-order valence-corrected chi connectivity index (χ0v) is 10.7. The minimum atomic E-state index is -0.184. The first-order chi connectivity index (χ1) is 7.50. The summed E-state index contributed by atoms with van der Waals surface area (Å²) in [5.74, 6) is 0. The Balaban J connectivity index is 2.59. The molecule has 0 aliphatic rings. The van der Waals surface area contributed by atoms with Gasteiger partial charge in [0.15, 0.2) is 0 Å². The Morgan fingerprint density at radius 2 is 2.25 bits per heavy atom. The predicted molar refractivity (Wildman–Crippen MR) is 65.2 cm³/mol. The highest BCUT2D eigenvalue weighted by molar-refractivity contribution is 5.15. The van der Waals surface area contributed by atoms with E-state index in [-0.39, 0.29) is 12.1 Å². The van der Waals surface area contributed by atoms with Crippen LogP contribution < -0.4 is 5.32 Å². The van der Waals surface area contributed by atoms with Crippen LogP contribution in [-0.4, -0.2) is 27.0 Å². The fourth-order valence-corrected chi connectivity index (χ4v) is 1.91. The second-order valence-corrected chi connectivity index (χ2v) is 4.74. The molecule has 1 aromatic heterocycles. The molecule has 0 saturated heterocycles. The largest absolute Gasteiger partial charge is 0.394 e. The second kappa shape index (κ2) is 5.46. The van der Waals surface area contributed by atoms with Gasteiger partial charge in [0.1, 0.15) is 0 Å². The van der Waals surface area contributed by atoms with Gasteiger partial charge in [-0.1, -0.05) is 13.3 Å². The summed E-state index contributed by atoms with van der Waals surface area (Å²) in [6, 6.07) is 0. The summed E-state index contributed by atoms with van der Waals surface area (Å²) in [5, 5.41) is 17.1. The Morgan fingerprint density at radius 3 is 2.69 bits per heavy atom. The first kappa shape index (κ1) is 13.2.